The van der Waals surface area contributed by atoms with Gasteiger partial charge < -0.3 is 10.2 Å². The number of fused-ring (bicyclic) bond motifs is 2. The van der Waals surface area contributed by atoms with E-state index in [0.717, 1.165) is 0 Å². The van der Waals surface area contributed by atoms with Crippen LogP contribution >= 0.6 is 0 Å². The lowest BCUT2D eigenvalue weighted by atomic mass is 9.80. The molecule has 104 valence electrons. The SMILES string of the molecule is O=C1c2c(c(O)c3ccccc3c2O)C(=O)C12CC=CC2. The van der Waals surface area contributed by atoms with Crippen molar-refractivity contribution in [1.29, 1.82) is 0 Å². The molecule has 0 atom stereocenters. The number of phenols is 2. The minimum absolute atomic E-state index is 0.0279. The van der Waals surface area contributed by atoms with Crippen molar-refractivity contribution in [3.63, 3.8) is 0 Å². The predicted octanol–water partition coefficient (Wildman–Crippen LogP) is 2.97. The van der Waals surface area contributed by atoms with E-state index in [1.807, 2.05) is 0 Å². The average molecular weight is 280 g/mol. The smallest absolute Gasteiger partial charge is 0.182 e. The molecular weight excluding hydrogens is 268 g/mol. The van der Waals surface area contributed by atoms with Crippen molar-refractivity contribution in [1.82, 2.24) is 0 Å². The van der Waals surface area contributed by atoms with Gasteiger partial charge in [-0.2, -0.15) is 0 Å². The Morgan fingerprint density at radius 3 is 1.67 bits per heavy atom. The molecule has 2 aromatic rings. The molecule has 4 heteroatoms. The first-order chi connectivity index (χ1) is 10.1. The second-order valence-electron chi connectivity index (χ2n) is 5.61. The normalized spacial score (nSPS) is 18.9. The predicted molar refractivity (Wildman–Crippen MR) is 76.7 cm³/mol. The molecule has 0 fully saturated rings. The van der Waals surface area contributed by atoms with E-state index >= 15 is 0 Å². The molecule has 1 spiro atoms. The van der Waals surface area contributed by atoms with E-state index < -0.39 is 5.41 Å². The summed E-state index contributed by atoms with van der Waals surface area (Å²) in [6, 6.07) is 6.67. The molecule has 0 heterocycles. The lowest BCUT2D eigenvalue weighted by molar-refractivity contribution is 0.0713. The Morgan fingerprint density at radius 2 is 1.24 bits per heavy atom. The van der Waals surface area contributed by atoms with E-state index in [0.29, 0.717) is 23.6 Å². The van der Waals surface area contributed by atoms with Gasteiger partial charge in [-0.05, 0) is 12.8 Å². The van der Waals surface area contributed by atoms with E-state index in [9.17, 15) is 19.8 Å². The van der Waals surface area contributed by atoms with Gasteiger partial charge in [-0.25, -0.2) is 0 Å². The quantitative estimate of drug-likeness (QED) is 0.442. The van der Waals surface area contributed by atoms with Crippen molar-refractivity contribution in [2.24, 2.45) is 5.41 Å². The van der Waals surface area contributed by atoms with Crippen LogP contribution < -0.4 is 0 Å². The molecule has 4 nitrogen and oxygen atoms in total. The van der Waals surface area contributed by atoms with E-state index in [4.69, 9.17) is 0 Å². The number of rotatable bonds is 0. The number of carbonyl (C=O) groups is 2. The number of Topliss-reactive ketones (excluding diaryl/α,β-unsaturated/α-hetero) is 2. The van der Waals surface area contributed by atoms with Gasteiger partial charge in [0.1, 0.15) is 16.9 Å². The number of carbonyl (C=O) groups excluding carboxylic acids is 2. The lowest BCUT2D eigenvalue weighted by Crippen LogP contribution is -2.30. The van der Waals surface area contributed by atoms with Gasteiger partial charge in [0, 0.05) is 10.8 Å². The fourth-order valence-electron chi connectivity index (χ4n) is 3.45. The number of hydrogen-bond donors (Lipinski definition) is 2. The van der Waals surface area contributed by atoms with Crippen LogP contribution in [0.1, 0.15) is 33.6 Å². The third kappa shape index (κ3) is 1.25. The zero-order valence-corrected chi connectivity index (χ0v) is 11.1. The number of benzene rings is 2. The van der Waals surface area contributed by atoms with Gasteiger partial charge in [0.25, 0.3) is 0 Å². The highest BCUT2D eigenvalue weighted by Crippen LogP contribution is 2.53. The number of ketones is 2. The third-order valence-electron chi connectivity index (χ3n) is 4.58. The van der Waals surface area contributed by atoms with Gasteiger partial charge in [0.05, 0.1) is 11.1 Å². The minimum Gasteiger partial charge on any atom is -0.507 e. The molecule has 0 aromatic heterocycles. The fourth-order valence-corrected chi connectivity index (χ4v) is 3.45. The number of allylic oxidation sites excluding steroid dienone is 2. The standard InChI is InChI=1S/C17H12O4/c18-13-9-5-1-2-6-10(9)14(19)12-11(13)15(20)17(16(12)21)7-3-4-8-17/h1-6,18-19H,7-8H2. The molecule has 0 unspecified atom stereocenters. The molecule has 2 aliphatic carbocycles. The highest BCUT2D eigenvalue weighted by Gasteiger charge is 2.55. The molecule has 0 aliphatic heterocycles. The summed E-state index contributed by atoms with van der Waals surface area (Å²) in [4.78, 5) is 25.4. The minimum atomic E-state index is -1.16. The van der Waals surface area contributed by atoms with E-state index in [1.165, 1.54) is 0 Å². The van der Waals surface area contributed by atoms with Gasteiger partial charge in [-0.15, -0.1) is 0 Å². The van der Waals surface area contributed by atoms with Crippen LogP contribution in [0.4, 0.5) is 0 Å². The van der Waals surface area contributed by atoms with Crippen molar-refractivity contribution in [2.45, 2.75) is 12.8 Å². The molecule has 2 aliphatic rings. The Balaban J connectivity index is 2.12. The summed E-state index contributed by atoms with van der Waals surface area (Å²) >= 11 is 0. The van der Waals surface area contributed by atoms with Gasteiger partial charge in [0.2, 0.25) is 0 Å². The summed E-state index contributed by atoms with van der Waals surface area (Å²) in [5.74, 6) is -1.18. The Hall–Kier alpha value is -2.62. The van der Waals surface area contributed by atoms with Crippen LogP contribution in [0.3, 0.4) is 0 Å². The maximum absolute atomic E-state index is 12.7. The molecule has 0 amide bonds. The monoisotopic (exact) mass is 280 g/mol. The molecule has 2 aromatic carbocycles. The zero-order chi connectivity index (χ0) is 14.8. The largest absolute Gasteiger partial charge is 0.507 e. The fraction of sp³-hybridized carbons (Fsp3) is 0.176. The van der Waals surface area contributed by atoms with Crippen LogP contribution in [0, 0.1) is 5.41 Å². The Bertz CT molecular complexity index is 790. The van der Waals surface area contributed by atoms with Gasteiger partial charge >= 0.3 is 0 Å². The van der Waals surface area contributed by atoms with E-state index in [-0.39, 0.29) is 34.2 Å². The number of phenolic OH excluding ortho intramolecular Hbond substituents is 2. The van der Waals surface area contributed by atoms with Crippen molar-refractivity contribution in [2.75, 3.05) is 0 Å². The average Bonchev–Trinajstić information content (AvgIpc) is 3.07. The van der Waals surface area contributed by atoms with Crippen LogP contribution in [0.15, 0.2) is 36.4 Å². The van der Waals surface area contributed by atoms with Crippen molar-refractivity contribution >= 4 is 22.3 Å². The Morgan fingerprint density at radius 1 is 0.810 bits per heavy atom. The van der Waals surface area contributed by atoms with Crippen molar-refractivity contribution in [3.8, 4) is 11.5 Å². The third-order valence-corrected chi connectivity index (χ3v) is 4.58. The first-order valence-electron chi connectivity index (χ1n) is 6.79. The maximum atomic E-state index is 12.7. The summed E-state index contributed by atoms with van der Waals surface area (Å²) in [6.07, 6.45) is 4.26. The summed E-state index contributed by atoms with van der Waals surface area (Å²) in [7, 11) is 0. The summed E-state index contributed by atoms with van der Waals surface area (Å²) in [6.45, 7) is 0. The first-order valence-corrected chi connectivity index (χ1v) is 6.79. The van der Waals surface area contributed by atoms with E-state index in [1.54, 1.807) is 36.4 Å². The highest BCUT2D eigenvalue weighted by atomic mass is 16.3. The molecule has 2 N–H and O–H groups in total. The Kier molecular flexibility index (Phi) is 2.15. The first kappa shape index (κ1) is 12.1. The second kappa shape index (κ2) is 3.73. The summed E-state index contributed by atoms with van der Waals surface area (Å²) in [5, 5.41) is 21.6. The molecule has 0 saturated heterocycles. The molecule has 21 heavy (non-hydrogen) atoms. The Labute approximate surface area is 120 Å². The van der Waals surface area contributed by atoms with Crippen molar-refractivity contribution in [3.05, 3.63) is 47.5 Å². The topological polar surface area (TPSA) is 74.6 Å². The molecule has 0 radical (unpaired) electrons. The lowest BCUT2D eigenvalue weighted by Gasteiger charge is -2.17. The van der Waals surface area contributed by atoms with Crippen LogP contribution in [0.25, 0.3) is 10.8 Å². The number of hydrogen-bond acceptors (Lipinski definition) is 4. The highest BCUT2D eigenvalue weighted by molar-refractivity contribution is 6.34. The second-order valence-corrected chi connectivity index (χ2v) is 5.61. The van der Waals surface area contributed by atoms with Crippen LogP contribution in [0.2, 0.25) is 0 Å². The molecular formula is C17H12O4. The number of aromatic hydroxyl groups is 2. The summed E-state index contributed by atoms with van der Waals surface area (Å²) in [5.41, 5.74) is -1.21. The zero-order valence-electron chi connectivity index (χ0n) is 11.1. The van der Waals surface area contributed by atoms with E-state index in [2.05, 4.69) is 0 Å². The van der Waals surface area contributed by atoms with Crippen LogP contribution in [-0.4, -0.2) is 21.8 Å². The van der Waals surface area contributed by atoms with Crippen molar-refractivity contribution < 1.29 is 19.8 Å². The summed E-state index contributed by atoms with van der Waals surface area (Å²) < 4.78 is 0. The van der Waals surface area contributed by atoms with Gasteiger partial charge in [-0.1, -0.05) is 36.4 Å². The maximum Gasteiger partial charge on any atom is 0.182 e. The van der Waals surface area contributed by atoms with Crippen LogP contribution in [-0.2, 0) is 0 Å². The van der Waals surface area contributed by atoms with Gasteiger partial charge in [0.15, 0.2) is 11.6 Å². The van der Waals surface area contributed by atoms with Gasteiger partial charge in [-0.3, -0.25) is 9.59 Å². The molecule has 0 bridgehead atoms. The molecule has 0 saturated carbocycles. The van der Waals surface area contributed by atoms with Crippen LogP contribution in [0.5, 0.6) is 11.5 Å². The molecule has 4 rings (SSSR count).